The lowest BCUT2D eigenvalue weighted by Gasteiger charge is -2.10. The molecule has 1 aliphatic heterocycles. The van der Waals surface area contributed by atoms with E-state index >= 15 is 0 Å². The molecule has 0 aromatic heterocycles. The van der Waals surface area contributed by atoms with Crippen LogP contribution in [-0.2, 0) is 14.2 Å². The lowest BCUT2D eigenvalue weighted by molar-refractivity contribution is 0.0976. The third-order valence-electron chi connectivity index (χ3n) is 2.17. The van der Waals surface area contributed by atoms with Gasteiger partial charge in [0.2, 0.25) is 5.90 Å². The molecule has 102 valence electrons. The number of rotatable bonds is 4. The van der Waals surface area contributed by atoms with Gasteiger partial charge in [-0.3, -0.25) is 0 Å². The maximum Gasteiger partial charge on any atom is 0.514 e. The van der Waals surface area contributed by atoms with Crippen molar-refractivity contribution in [3.63, 3.8) is 0 Å². The number of ether oxygens (including phenoxy) is 3. The van der Waals surface area contributed by atoms with Gasteiger partial charge in [0.15, 0.2) is 0 Å². The Labute approximate surface area is 106 Å². The molecule has 0 saturated carbocycles. The minimum atomic E-state index is -0.808. The Morgan fingerprint density at radius 1 is 1.33 bits per heavy atom. The first-order valence-corrected chi connectivity index (χ1v) is 6.03. The van der Waals surface area contributed by atoms with E-state index in [1.807, 2.05) is 6.92 Å². The Hall–Kier alpha value is -1.79. The quantitative estimate of drug-likeness (QED) is 0.570. The number of hydrogen-bond acceptors (Lipinski definition) is 6. The maximum absolute atomic E-state index is 11.5. The number of nitrogens with zero attached hydrogens (tertiary/aromatic N) is 2. The fourth-order valence-corrected chi connectivity index (χ4v) is 1.26. The average Bonchev–Trinajstić information content (AvgIpc) is 2.78. The fraction of sp³-hybridized carbons (Fsp3) is 0.727. The predicted octanol–water partition coefficient (Wildman–Crippen LogP) is 2.12. The molecule has 1 amide bonds. The summed E-state index contributed by atoms with van der Waals surface area (Å²) in [7, 11) is 0. The highest BCUT2D eigenvalue weighted by Gasteiger charge is 2.24. The van der Waals surface area contributed by atoms with Crippen LogP contribution in [0.1, 0.15) is 33.1 Å². The smallest absolute Gasteiger partial charge is 0.448 e. The van der Waals surface area contributed by atoms with Gasteiger partial charge in [-0.05, 0) is 13.3 Å². The highest BCUT2D eigenvalue weighted by Crippen LogP contribution is 2.10. The molecule has 0 radical (unpaired) electrons. The first kappa shape index (κ1) is 14.3. The van der Waals surface area contributed by atoms with Crippen LogP contribution < -0.4 is 0 Å². The van der Waals surface area contributed by atoms with Gasteiger partial charge in [-0.1, -0.05) is 13.3 Å². The summed E-state index contributed by atoms with van der Waals surface area (Å²) >= 11 is 0. The van der Waals surface area contributed by atoms with E-state index in [4.69, 9.17) is 9.47 Å². The largest absolute Gasteiger partial charge is 0.514 e. The number of carbonyl (C=O) groups is 2. The molecule has 0 atom stereocenters. The Morgan fingerprint density at radius 2 is 2.11 bits per heavy atom. The number of hydrazone groups is 1. The van der Waals surface area contributed by atoms with Gasteiger partial charge < -0.3 is 14.2 Å². The molecule has 0 spiro atoms. The Balaban J connectivity index is 2.35. The van der Waals surface area contributed by atoms with E-state index < -0.39 is 12.2 Å². The second kappa shape index (κ2) is 7.52. The molecule has 7 heteroatoms. The van der Waals surface area contributed by atoms with Crippen LogP contribution in [0.3, 0.4) is 0 Å². The minimum Gasteiger partial charge on any atom is -0.448 e. The molecule has 0 unspecified atom stereocenters. The zero-order valence-corrected chi connectivity index (χ0v) is 10.7. The zero-order valence-electron chi connectivity index (χ0n) is 10.7. The summed E-state index contributed by atoms with van der Waals surface area (Å²) in [6.07, 6.45) is 0.814. The van der Waals surface area contributed by atoms with Crippen molar-refractivity contribution in [3.8, 4) is 0 Å². The normalized spacial score (nSPS) is 14.1. The van der Waals surface area contributed by atoms with E-state index in [9.17, 15) is 9.59 Å². The van der Waals surface area contributed by atoms with Crippen molar-refractivity contribution in [1.82, 2.24) is 5.01 Å². The van der Waals surface area contributed by atoms with Crippen LogP contribution in [0.5, 0.6) is 0 Å². The van der Waals surface area contributed by atoms with Gasteiger partial charge in [0.05, 0.1) is 19.8 Å². The fourth-order valence-electron chi connectivity index (χ4n) is 1.26. The average molecular weight is 258 g/mol. The maximum atomic E-state index is 11.5. The molecule has 0 aliphatic carbocycles. The molecular weight excluding hydrogens is 240 g/mol. The Bertz CT molecular complexity index is 329. The van der Waals surface area contributed by atoms with E-state index in [0.29, 0.717) is 19.6 Å². The number of amides is 1. The first-order chi connectivity index (χ1) is 8.67. The number of hydrogen-bond donors (Lipinski definition) is 0. The van der Waals surface area contributed by atoms with E-state index in [1.165, 1.54) is 0 Å². The predicted molar refractivity (Wildman–Crippen MR) is 63.1 cm³/mol. The summed E-state index contributed by atoms with van der Waals surface area (Å²) in [5.74, 6) is 0.167. The second-order valence-corrected chi connectivity index (χ2v) is 3.62. The molecule has 1 aliphatic rings. The van der Waals surface area contributed by atoms with Gasteiger partial charge in [0.25, 0.3) is 0 Å². The number of carbonyl (C=O) groups excluding carboxylic acids is 2. The van der Waals surface area contributed by atoms with Gasteiger partial charge in [-0.15, -0.1) is 5.10 Å². The van der Waals surface area contributed by atoms with Crippen LogP contribution >= 0.6 is 0 Å². The van der Waals surface area contributed by atoms with Crippen molar-refractivity contribution in [3.05, 3.63) is 0 Å². The summed E-state index contributed by atoms with van der Waals surface area (Å²) in [6.45, 7) is 4.63. The van der Waals surface area contributed by atoms with Crippen LogP contribution in [0, 0.1) is 0 Å². The SMILES string of the molecule is CCCCOC(=O)N1CCC(OC(=O)OCC)=N1. The van der Waals surface area contributed by atoms with Crippen LogP contribution in [-0.4, -0.2) is 42.9 Å². The molecule has 0 bridgehead atoms. The van der Waals surface area contributed by atoms with Gasteiger partial charge >= 0.3 is 12.2 Å². The molecule has 7 nitrogen and oxygen atoms in total. The summed E-state index contributed by atoms with van der Waals surface area (Å²) in [4.78, 5) is 22.5. The zero-order chi connectivity index (χ0) is 13.4. The lowest BCUT2D eigenvalue weighted by Crippen LogP contribution is -2.24. The standard InChI is InChI=1S/C11H18N2O5/c1-3-5-8-17-10(14)13-7-6-9(12-13)18-11(15)16-4-2/h3-8H2,1-2H3. The van der Waals surface area contributed by atoms with E-state index in [1.54, 1.807) is 6.92 Å². The van der Waals surface area contributed by atoms with Crippen molar-refractivity contribution in [2.24, 2.45) is 5.10 Å². The highest BCUT2D eigenvalue weighted by molar-refractivity contribution is 5.88. The van der Waals surface area contributed by atoms with E-state index in [0.717, 1.165) is 17.9 Å². The highest BCUT2D eigenvalue weighted by atomic mass is 16.7. The Kier molecular flexibility index (Phi) is 5.96. The summed E-state index contributed by atoms with van der Waals surface area (Å²) in [6, 6.07) is 0. The van der Waals surface area contributed by atoms with E-state index in [2.05, 4.69) is 9.84 Å². The minimum absolute atomic E-state index is 0.167. The molecule has 0 saturated heterocycles. The molecule has 0 fully saturated rings. The molecule has 0 N–H and O–H groups in total. The van der Waals surface area contributed by atoms with Gasteiger partial charge in [-0.2, -0.15) is 5.01 Å². The van der Waals surface area contributed by atoms with Gasteiger partial charge in [-0.25, -0.2) is 9.59 Å². The van der Waals surface area contributed by atoms with Crippen molar-refractivity contribution < 1.29 is 23.8 Å². The summed E-state index contributed by atoms with van der Waals surface area (Å²) < 4.78 is 14.4. The van der Waals surface area contributed by atoms with Crippen LogP contribution in [0.15, 0.2) is 5.10 Å². The molecule has 1 heterocycles. The van der Waals surface area contributed by atoms with Crippen molar-refractivity contribution >= 4 is 18.1 Å². The van der Waals surface area contributed by atoms with E-state index in [-0.39, 0.29) is 12.5 Å². The van der Waals surface area contributed by atoms with Crippen LogP contribution in [0.25, 0.3) is 0 Å². The summed E-state index contributed by atoms with van der Waals surface area (Å²) in [5, 5.41) is 4.98. The topological polar surface area (TPSA) is 77.4 Å². The van der Waals surface area contributed by atoms with Crippen molar-refractivity contribution in [1.29, 1.82) is 0 Å². The van der Waals surface area contributed by atoms with Crippen LogP contribution in [0.4, 0.5) is 9.59 Å². The van der Waals surface area contributed by atoms with Gasteiger partial charge in [0.1, 0.15) is 0 Å². The molecule has 1 rings (SSSR count). The first-order valence-electron chi connectivity index (χ1n) is 6.03. The Morgan fingerprint density at radius 3 is 2.78 bits per heavy atom. The van der Waals surface area contributed by atoms with Gasteiger partial charge in [0, 0.05) is 6.42 Å². The molecule has 0 aromatic rings. The third-order valence-corrected chi connectivity index (χ3v) is 2.17. The molecular formula is C11H18N2O5. The number of unbranched alkanes of at least 4 members (excludes halogenated alkanes) is 1. The molecule has 0 aromatic carbocycles. The van der Waals surface area contributed by atoms with Crippen molar-refractivity contribution in [2.45, 2.75) is 33.1 Å². The third kappa shape index (κ3) is 4.60. The lowest BCUT2D eigenvalue weighted by atomic mass is 10.4. The van der Waals surface area contributed by atoms with Crippen molar-refractivity contribution in [2.75, 3.05) is 19.8 Å². The summed E-state index contributed by atoms with van der Waals surface area (Å²) in [5.41, 5.74) is 0. The molecule has 18 heavy (non-hydrogen) atoms. The second-order valence-electron chi connectivity index (χ2n) is 3.62. The monoisotopic (exact) mass is 258 g/mol. The van der Waals surface area contributed by atoms with Crippen LogP contribution in [0.2, 0.25) is 0 Å².